The average molecular weight is 415 g/mol. The first-order valence-corrected chi connectivity index (χ1v) is 10.1. The Hall–Kier alpha value is -2.87. The van der Waals surface area contributed by atoms with Crippen LogP contribution in [0.25, 0.3) is 11.4 Å². The predicted molar refractivity (Wildman–Crippen MR) is 111 cm³/mol. The van der Waals surface area contributed by atoms with Gasteiger partial charge in [-0.3, -0.25) is 4.79 Å². The van der Waals surface area contributed by atoms with Gasteiger partial charge >= 0.3 is 0 Å². The number of benzene rings is 2. The fourth-order valence-corrected chi connectivity index (χ4v) is 3.54. The van der Waals surface area contributed by atoms with E-state index in [2.05, 4.69) is 10.2 Å². The molecule has 0 bridgehead atoms. The SMILES string of the molecule is Cc1cccc(-c2nnc(SCC(=O)N(C)CCOc3ccccc3F)n2C)c1. The van der Waals surface area contributed by atoms with E-state index >= 15 is 0 Å². The molecular formula is C21H23FN4O2S. The van der Waals surface area contributed by atoms with Crippen LogP contribution >= 0.6 is 11.8 Å². The number of halogens is 1. The Bertz CT molecular complexity index is 992. The average Bonchev–Trinajstić information content (AvgIpc) is 3.08. The minimum atomic E-state index is -0.413. The highest BCUT2D eigenvalue weighted by atomic mass is 32.2. The van der Waals surface area contributed by atoms with E-state index in [1.165, 1.54) is 17.8 Å². The minimum absolute atomic E-state index is 0.0627. The lowest BCUT2D eigenvalue weighted by molar-refractivity contribution is -0.127. The van der Waals surface area contributed by atoms with Crippen LogP contribution < -0.4 is 4.74 Å². The van der Waals surface area contributed by atoms with Crippen LogP contribution in [0.2, 0.25) is 0 Å². The number of carbonyl (C=O) groups excluding carboxylic acids is 1. The Balaban J connectivity index is 1.50. The van der Waals surface area contributed by atoms with Gasteiger partial charge in [-0.05, 0) is 25.1 Å². The third-order valence-electron chi connectivity index (χ3n) is 4.38. The summed E-state index contributed by atoms with van der Waals surface area (Å²) in [7, 11) is 3.58. The number of amides is 1. The molecule has 0 radical (unpaired) electrons. The topological polar surface area (TPSA) is 60.3 Å². The molecule has 1 amide bonds. The molecule has 152 valence electrons. The lowest BCUT2D eigenvalue weighted by atomic mass is 10.1. The molecule has 3 aromatic rings. The molecule has 0 aliphatic heterocycles. The molecule has 0 N–H and O–H groups in total. The number of ether oxygens (including phenoxy) is 1. The lowest BCUT2D eigenvalue weighted by Gasteiger charge is -2.17. The maximum atomic E-state index is 13.5. The third-order valence-corrected chi connectivity index (χ3v) is 5.39. The van der Waals surface area contributed by atoms with Crippen molar-refractivity contribution in [3.05, 3.63) is 59.9 Å². The molecule has 6 nitrogen and oxygen atoms in total. The van der Waals surface area contributed by atoms with E-state index in [0.29, 0.717) is 11.7 Å². The number of thioether (sulfide) groups is 1. The first-order chi connectivity index (χ1) is 14.0. The molecule has 0 saturated carbocycles. The highest BCUT2D eigenvalue weighted by Crippen LogP contribution is 2.23. The summed E-state index contributed by atoms with van der Waals surface area (Å²) in [6.45, 7) is 2.61. The van der Waals surface area contributed by atoms with Gasteiger partial charge in [0.25, 0.3) is 0 Å². The number of para-hydroxylation sites is 1. The molecule has 3 rings (SSSR count). The Morgan fingerprint density at radius 3 is 2.76 bits per heavy atom. The van der Waals surface area contributed by atoms with Gasteiger partial charge in [0.05, 0.1) is 12.3 Å². The van der Waals surface area contributed by atoms with Gasteiger partial charge < -0.3 is 14.2 Å². The molecule has 0 fully saturated rings. The summed E-state index contributed by atoms with van der Waals surface area (Å²) in [6, 6.07) is 14.3. The van der Waals surface area contributed by atoms with E-state index in [4.69, 9.17) is 4.74 Å². The van der Waals surface area contributed by atoms with Crippen LogP contribution in [0.5, 0.6) is 5.75 Å². The summed E-state index contributed by atoms with van der Waals surface area (Å²) in [5, 5.41) is 9.13. The van der Waals surface area contributed by atoms with Crippen molar-refractivity contribution in [1.82, 2.24) is 19.7 Å². The summed E-state index contributed by atoms with van der Waals surface area (Å²) in [6.07, 6.45) is 0. The van der Waals surface area contributed by atoms with E-state index in [1.807, 2.05) is 42.8 Å². The molecule has 1 heterocycles. The van der Waals surface area contributed by atoms with Crippen molar-refractivity contribution in [2.75, 3.05) is 26.0 Å². The third kappa shape index (κ3) is 5.35. The van der Waals surface area contributed by atoms with Crippen molar-refractivity contribution in [3.63, 3.8) is 0 Å². The molecule has 1 aromatic heterocycles. The zero-order chi connectivity index (χ0) is 20.8. The summed E-state index contributed by atoms with van der Waals surface area (Å²) in [5.41, 5.74) is 2.13. The van der Waals surface area contributed by atoms with E-state index in [9.17, 15) is 9.18 Å². The molecule has 0 spiro atoms. The van der Waals surface area contributed by atoms with Crippen molar-refractivity contribution >= 4 is 17.7 Å². The van der Waals surface area contributed by atoms with Crippen molar-refractivity contribution in [2.45, 2.75) is 12.1 Å². The van der Waals surface area contributed by atoms with Crippen LogP contribution in [0.1, 0.15) is 5.56 Å². The molecule has 0 atom stereocenters. The van der Waals surface area contributed by atoms with Gasteiger partial charge in [-0.15, -0.1) is 10.2 Å². The fourth-order valence-electron chi connectivity index (χ4n) is 2.69. The number of nitrogens with zero attached hydrogens (tertiary/aromatic N) is 4. The zero-order valence-corrected chi connectivity index (χ0v) is 17.4. The first kappa shape index (κ1) is 20.9. The number of likely N-dealkylation sites (N-methyl/N-ethyl adjacent to an activating group) is 1. The van der Waals surface area contributed by atoms with Crippen LogP contribution in [0.3, 0.4) is 0 Å². The maximum absolute atomic E-state index is 13.5. The zero-order valence-electron chi connectivity index (χ0n) is 16.6. The molecule has 0 unspecified atom stereocenters. The van der Waals surface area contributed by atoms with Crippen LogP contribution in [0, 0.1) is 12.7 Å². The lowest BCUT2D eigenvalue weighted by Crippen LogP contribution is -2.32. The molecule has 2 aromatic carbocycles. The Labute approximate surface area is 173 Å². The van der Waals surface area contributed by atoms with Crippen LogP contribution in [0.4, 0.5) is 4.39 Å². The largest absolute Gasteiger partial charge is 0.489 e. The normalized spacial score (nSPS) is 10.8. The number of rotatable bonds is 8. The molecule has 0 aliphatic carbocycles. The van der Waals surface area contributed by atoms with Crippen LogP contribution in [-0.4, -0.2) is 51.5 Å². The summed E-state index contributed by atoms with van der Waals surface area (Å²) < 4.78 is 20.8. The molecule has 0 aliphatic rings. The van der Waals surface area contributed by atoms with E-state index < -0.39 is 5.82 Å². The first-order valence-electron chi connectivity index (χ1n) is 9.16. The van der Waals surface area contributed by atoms with Gasteiger partial charge in [0.1, 0.15) is 6.61 Å². The monoisotopic (exact) mass is 414 g/mol. The van der Waals surface area contributed by atoms with E-state index in [1.54, 1.807) is 30.1 Å². The summed E-state index contributed by atoms with van der Waals surface area (Å²) in [5.74, 6) is 0.701. The minimum Gasteiger partial charge on any atom is -0.489 e. The smallest absolute Gasteiger partial charge is 0.232 e. The predicted octanol–water partition coefficient (Wildman–Crippen LogP) is 3.56. The van der Waals surface area contributed by atoms with Gasteiger partial charge in [0.2, 0.25) is 5.91 Å². The van der Waals surface area contributed by atoms with Gasteiger partial charge in [-0.2, -0.15) is 0 Å². The maximum Gasteiger partial charge on any atom is 0.232 e. The molecular weight excluding hydrogens is 391 g/mol. The van der Waals surface area contributed by atoms with Gasteiger partial charge in [0, 0.05) is 19.7 Å². The Kier molecular flexibility index (Phi) is 6.87. The van der Waals surface area contributed by atoms with Crippen LogP contribution in [-0.2, 0) is 11.8 Å². The number of hydrogen-bond acceptors (Lipinski definition) is 5. The van der Waals surface area contributed by atoms with E-state index in [0.717, 1.165) is 17.0 Å². The number of carbonyl (C=O) groups is 1. The van der Waals surface area contributed by atoms with Crippen molar-refractivity contribution in [3.8, 4) is 17.1 Å². The number of aromatic nitrogens is 3. The highest BCUT2D eigenvalue weighted by Gasteiger charge is 2.15. The van der Waals surface area contributed by atoms with Gasteiger partial charge in [-0.1, -0.05) is 47.7 Å². The second-order valence-corrected chi connectivity index (χ2v) is 7.56. The van der Waals surface area contributed by atoms with E-state index in [-0.39, 0.29) is 24.0 Å². The fraction of sp³-hybridized carbons (Fsp3) is 0.286. The van der Waals surface area contributed by atoms with Crippen LogP contribution in [0.15, 0.2) is 53.7 Å². The quantitative estimate of drug-likeness (QED) is 0.528. The molecule has 0 saturated heterocycles. The Morgan fingerprint density at radius 2 is 2.00 bits per heavy atom. The number of hydrogen-bond donors (Lipinski definition) is 0. The number of aryl methyl sites for hydroxylation is 1. The summed E-state index contributed by atoms with van der Waals surface area (Å²) in [4.78, 5) is 13.9. The molecule has 8 heteroatoms. The van der Waals surface area contributed by atoms with Crippen molar-refractivity contribution < 1.29 is 13.9 Å². The highest BCUT2D eigenvalue weighted by molar-refractivity contribution is 7.99. The van der Waals surface area contributed by atoms with Gasteiger partial charge in [0.15, 0.2) is 22.5 Å². The summed E-state index contributed by atoms with van der Waals surface area (Å²) >= 11 is 1.33. The Morgan fingerprint density at radius 1 is 1.21 bits per heavy atom. The van der Waals surface area contributed by atoms with Crippen molar-refractivity contribution in [1.29, 1.82) is 0 Å². The second-order valence-electron chi connectivity index (χ2n) is 6.62. The second kappa shape index (κ2) is 9.56. The molecule has 29 heavy (non-hydrogen) atoms. The van der Waals surface area contributed by atoms with Gasteiger partial charge in [-0.25, -0.2) is 4.39 Å². The van der Waals surface area contributed by atoms with Crippen molar-refractivity contribution in [2.24, 2.45) is 7.05 Å². The standard InChI is InChI=1S/C21H23FN4O2S/c1-15-7-6-8-16(13-15)20-23-24-21(26(20)3)29-14-19(27)25(2)11-12-28-18-10-5-4-9-17(18)22/h4-10,13H,11-12,14H2,1-3H3.